The summed E-state index contributed by atoms with van der Waals surface area (Å²) in [6, 6.07) is -0.0513. The van der Waals surface area contributed by atoms with E-state index in [-0.39, 0.29) is 24.1 Å². The normalized spacial score (nSPS) is 30.4. The molecule has 1 saturated heterocycles. The first-order chi connectivity index (χ1) is 9.11. The largest absolute Gasteiger partial charge is 0.391 e. The Morgan fingerprint density at radius 2 is 1.95 bits per heavy atom. The summed E-state index contributed by atoms with van der Waals surface area (Å²) in [6.45, 7) is 4.58. The molecule has 19 heavy (non-hydrogen) atoms. The molecule has 1 aliphatic carbocycles. The van der Waals surface area contributed by atoms with Crippen molar-refractivity contribution in [3.8, 4) is 0 Å². The van der Waals surface area contributed by atoms with Gasteiger partial charge in [-0.05, 0) is 26.8 Å². The molecule has 3 unspecified atom stereocenters. The second-order valence-corrected chi connectivity index (χ2v) is 5.70. The van der Waals surface area contributed by atoms with E-state index in [0.717, 1.165) is 25.7 Å². The fourth-order valence-corrected chi connectivity index (χ4v) is 3.08. The van der Waals surface area contributed by atoms with E-state index in [9.17, 15) is 9.90 Å². The number of carbonyl (C=O) groups is 1. The van der Waals surface area contributed by atoms with Crippen molar-refractivity contribution in [3.05, 3.63) is 0 Å². The fraction of sp³-hybridized carbons (Fsp3) is 0.929. The molecule has 0 spiro atoms. The molecule has 1 aliphatic heterocycles. The predicted molar refractivity (Wildman–Crippen MR) is 72.9 cm³/mol. The highest BCUT2D eigenvalue weighted by molar-refractivity contribution is 5.81. The second kappa shape index (κ2) is 6.68. The minimum absolute atomic E-state index is 0.119. The molecule has 5 heteroatoms. The van der Waals surface area contributed by atoms with Crippen molar-refractivity contribution in [1.29, 1.82) is 0 Å². The van der Waals surface area contributed by atoms with Crippen LogP contribution in [0.2, 0.25) is 0 Å². The van der Waals surface area contributed by atoms with Gasteiger partial charge < -0.3 is 14.7 Å². The lowest BCUT2D eigenvalue weighted by molar-refractivity contribution is -0.142. The first kappa shape index (κ1) is 14.8. The van der Waals surface area contributed by atoms with Crippen LogP contribution in [0.4, 0.5) is 0 Å². The quantitative estimate of drug-likeness (QED) is 0.810. The minimum Gasteiger partial charge on any atom is -0.391 e. The SMILES string of the molecule is CC(C(=O)N1CCOCC1)N(C)C1CCCCC1O. The van der Waals surface area contributed by atoms with Crippen LogP contribution in [0.5, 0.6) is 0 Å². The molecular formula is C14H26N2O3. The molecule has 110 valence electrons. The van der Waals surface area contributed by atoms with Gasteiger partial charge in [-0.1, -0.05) is 12.8 Å². The highest BCUT2D eigenvalue weighted by Crippen LogP contribution is 2.24. The average Bonchev–Trinajstić information content (AvgIpc) is 2.46. The van der Waals surface area contributed by atoms with Crippen molar-refractivity contribution in [2.24, 2.45) is 0 Å². The lowest BCUT2D eigenvalue weighted by Crippen LogP contribution is -2.54. The molecule has 5 nitrogen and oxygen atoms in total. The van der Waals surface area contributed by atoms with Crippen LogP contribution in [0.3, 0.4) is 0 Å². The summed E-state index contributed by atoms with van der Waals surface area (Å²) >= 11 is 0. The molecule has 1 amide bonds. The topological polar surface area (TPSA) is 53.0 Å². The number of amides is 1. The van der Waals surface area contributed by atoms with Gasteiger partial charge in [0.1, 0.15) is 0 Å². The van der Waals surface area contributed by atoms with Gasteiger partial charge in [0.2, 0.25) is 5.91 Å². The van der Waals surface area contributed by atoms with Crippen LogP contribution >= 0.6 is 0 Å². The van der Waals surface area contributed by atoms with Crippen molar-refractivity contribution in [3.63, 3.8) is 0 Å². The van der Waals surface area contributed by atoms with Gasteiger partial charge in [-0.2, -0.15) is 0 Å². The third kappa shape index (κ3) is 3.46. The van der Waals surface area contributed by atoms with E-state index in [1.54, 1.807) is 0 Å². The number of morpholine rings is 1. The van der Waals surface area contributed by atoms with Crippen LogP contribution in [0, 0.1) is 0 Å². The maximum Gasteiger partial charge on any atom is 0.239 e. The van der Waals surface area contributed by atoms with E-state index in [1.165, 1.54) is 0 Å². The maximum absolute atomic E-state index is 12.4. The first-order valence-electron chi connectivity index (χ1n) is 7.38. The van der Waals surface area contributed by atoms with Crippen molar-refractivity contribution in [2.45, 2.75) is 50.8 Å². The zero-order valence-corrected chi connectivity index (χ0v) is 12.0. The summed E-state index contributed by atoms with van der Waals surface area (Å²) in [5.74, 6) is 0.156. The maximum atomic E-state index is 12.4. The van der Waals surface area contributed by atoms with E-state index in [2.05, 4.69) is 4.90 Å². The zero-order chi connectivity index (χ0) is 13.8. The third-order valence-corrected chi connectivity index (χ3v) is 4.51. The van der Waals surface area contributed by atoms with E-state index < -0.39 is 0 Å². The van der Waals surface area contributed by atoms with E-state index in [0.29, 0.717) is 26.3 Å². The van der Waals surface area contributed by atoms with Crippen molar-refractivity contribution >= 4 is 5.91 Å². The van der Waals surface area contributed by atoms with E-state index in [1.807, 2.05) is 18.9 Å². The number of hydrogen-bond donors (Lipinski definition) is 1. The van der Waals surface area contributed by atoms with Crippen LogP contribution < -0.4 is 0 Å². The number of carbonyl (C=O) groups excluding carboxylic acids is 1. The summed E-state index contributed by atoms with van der Waals surface area (Å²) in [5.41, 5.74) is 0. The molecular weight excluding hydrogens is 244 g/mol. The molecule has 0 aromatic rings. The predicted octanol–water partition coefficient (Wildman–Crippen LogP) is 0.469. The van der Waals surface area contributed by atoms with Crippen LogP contribution in [-0.4, -0.2) is 72.4 Å². The fourth-order valence-electron chi connectivity index (χ4n) is 3.08. The Morgan fingerprint density at radius 1 is 1.32 bits per heavy atom. The van der Waals surface area contributed by atoms with E-state index >= 15 is 0 Å². The summed E-state index contributed by atoms with van der Waals surface area (Å²) in [6.07, 6.45) is 3.78. The molecule has 2 rings (SSSR count). The summed E-state index contributed by atoms with van der Waals surface area (Å²) in [4.78, 5) is 16.4. The molecule has 3 atom stereocenters. The van der Waals surface area contributed by atoms with Gasteiger partial charge in [0, 0.05) is 19.1 Å². The molecule has 1 saturated carbocycles. The van der Waals surface area contributed by atoms with Crippen LogP contribution in [0.25, 0.3) is 0 Å². The Kier molecular flexibility index (Phi) is 5.19. The lowest BCUT2D eigenvalue weighted by atomic mass is 9.91. The zero-order valence-electron chi connectivity index (χ0n) is 12.0. The monoisotopic (exact) mass is 270 g/mol. The summed E-state index contributed by atoms with van der Waals surface area (Å²) in [5, 5.41) is 10.1. The molecule has 1 heterocycles. The van der Waals surface area contributed by atoms with Gasteiger partial charge >= 0.3 is 0 Å². The summed E-state index contributed by atoms with van der Waals surface area (Å²) < 4.78 is 5.28. The molecule has 2 aliphatic rings. The highest BCUT2D eigenvalue weighted by Gasteiger charge is 2.33. The lowest BCUT2D eigenvalue weighted by Gasteiger charge is -2.40. The number of likely N-dealkylation sites (N-methyl/N-ethyl adjacent to an activating group) is 1. The molecule has 0 aromatic carbocycles. The number of aliphatic hydroxyl groups is 1. The average molecular weight is 270 g/mol. The van der Waals surface area contributed by atoms with Crippen LogP contribution in [-0.2, 0) is 9.53 Å². The smallest absolute Gasteiger partial charge is 0.239 e. The van der Waals surface area contributed by atoms with Crippen molar-refractivity contribution in [2.75, 3.05) is 33.4 Å². The first-order valence-corrected chi connectivity index (χ1v) is 7.38. The Hall–Kier alpha value is -0.650. The molecule has 2 fully saturated rings. The minimum atomic E-state index is -0.293. The van der Waals surface area contributed by atoms with Gasteiger partial charge in [0.25, 0.3) is 0 Å². The van der Waals surface area contributed by atoms with E-state index in [4.69, 9.17) is 4.74 Å². The Morgan fingerprint density at radius 3 is 2.58 bits per heavy atom. The van der Waals surface area contributed by atoms with Gasteiger partial charge in [-0.25, -0.2) is 0 Å². The third-order valence-electron chi connectivity index (χ3n) is 4.51. The number of ether oxygens (including phenoxy) is 1. The van der Waals surface area contributed by atoms with Gasteiger partial charge in [0.05, 0.1) is 25.4 Å². The van der Waals surface area contributed by atoms with Gasteiger partial charge in [-0.15, -0.1) is 0 Å². The second-order valence-electron chi connectivity index (χ2n) is 5.70. The summed E-state index contributed by atoms with van der Waals surface area (Å²) in [7, 11) is 1.96. The van der Waals surface area contributed by atoms with Crippen molar-refractivity contribution < 1.29 is 14.6 Å². The number of nitrogens with zero attached hydrogens (tertiary/aromatic N) is 2. The number of aliphatic hydroxyl groups excluding tert-OH is 1. The number of hydrogen-bond acceptors (Lipinski definition) is 4. The van der Waals surface area contributed by atoms with Gasteiger partial charge in [-0.3, -0.25) is 9.69 Å². The molecule has 1 N–H and O–H groups in total. The van der Waals surface area contributed by atoms with Crippen molar-refractivity contribution in [1.82, 2.24) is 9.80 Å². The standard InChI is InChI=1S/C14H26N2O3/c1-11(14(18)16-7-9-19-10-8-16)15(2)12-5-3-4-6-13(12)17/h11-13,17H,3-10H2,1-2H3. The van der Waals surface area contributed by atoms with Crippen LogP contribution in [0.1, 0.15) is 32.6 Å². The molecule has 0 bridgehead atoms. The van der Waals surface area contributed by atoms with Gasteiger partial charge in [0.15, 0.2) is 0 Å². The molecule has 0 aromatic heterocycles. The number of rotatable bonds is 3. The Bertz CT molecular complexity index is 305. The molecule has 0 radical (unpaired) electrons. The Labute approximate surface area is 115 Å². The highest BCUT2D eigenvalue weighted by atomic mass is 16.5. The van der Waals surface area contributed by atoms with Crippen LogP contribution in [0.15, 0.2) is 0 Å². The Balaban J connectivity index is 1.93.